The van der Waals surface area contributed by atoms with Crippen molar-refractivity contribution in [3.63, 3.8) is 0 Å². The quantitative estimate of drug-likeness (QED) is 0.848. The van der Waals surface area contributed by atoms with Crippen LogP contribution in [0, 0.1) is 6.92 Å². The highest BCUT2D eigenvalue weighted by Gasteiger charge is 2.03. The minimum atomic E-state index is 0.923. The van der Waals surface area contributed by atoms with Gasteiger partial charge in [0.15, 0.2) is 0 Å². The van der Waals surface area contributed by atoms with Gasteiger partial charge in [-0.2, -0.15) is 0 Å². The van der Waals surface area contributed by atoms with Crippen molar-refractivity contribution < 1.29 is 0 Å². The molecule has 0 atom stereocenters. The van der Waals surface area contributed by atoms with E-state index in [0.717, 1.165) is 24.6 Å². The summed E-state index contributed by atoms with van der Waals surface area (Å²) in [6.45, 7) is 2.94. The molecule has 0 aliphatic heterocycles. The number of pyridine rings is 1. The van der Waals surface area contributed by atoms with Crippen LogP contribution < -0.4 is 5.32 Å². The van der Waals surface area contributed by atoms with E-state index in [1.54, 1.807) is 0 Å². The van der Waals surface area contributed by atoms with E-state index in [1.807, 2.05) is 38.5 Å². The Bertz CT molecular complexity index is 447. The molecule has 0 amide bonds. The van der Waals surface area contributed by atoms with Crippen molar-refractivity contribution in [3.05, 3.63) is 42.0 Å². The maximum Gasteiger partial charge on any atom is 0.202 e. The maximum atomic E-state index is 4.38. The van der Waals surface area contributed by atoms with Gasteiger partial charge in [0, 0.05) is 32.2 Å². The van der Waals surface area contributed by atoms with Gasteiger partial charge in [-0.3, -0.25) is 4.98 Å². The lowest BCUT2D eigenvalue weighted by Gasteiger charge is -2.06. The Labute approximate surface area is 95.4 Å². The molecule has 0 radical (unpaired) electrons. The predicted molar refractivity (Wildman–Crippen MR) is 64.5 cm³/mol. The Morgan fingerprint density at radius 1 is 1.31 bits per heavy atom. The molecule has 16 heavy (non-hydrogen) atoms. The van der Waals surface area contributed by atoms with E-state index in [4.69, 9.17) is 0 Å². The number of anilines is 1. The summed E-state index contributed by atoms with van der Waals surface area (Å²) in [6.07, 6.45) is 6.71. The zero-order valence-electron chi connectivity index (χ0n) is 9.64. The van der Waals surface area contributed by atoms with Crippen molar-refractivity contribution in [3.8, 4) is 0 Å². The second-order valence-electron chi connectivity index (χ2n) is 3.75. The third-order valence-corrected chi connectivity index (χ3v) is 2.51. The minimum Gasteiger partial charge on any atom is -0.359 e. The molecule has 0 saturated carbocycles. The first-order valence-corrected chi connectivity index (χ1v) is 5.40. The van der Waals surface area contributed by atoms with Crippen molar-refractivity contribution in [2.75, 3.05) is 12.4 Å². The fourth-order valence-corrected chi connectivity index (χ4v) is 1.72. The van der Waals surface area contributed by atoms with Crippen molar-refractivity contribution in [2.24, 2.45) is 0 Å². The predicted octanol–water partition coefficient (Wildman–Crippen LogP) is 1.87. The van der Waals surface area contributed by atoms with Crippen LogP contribution in [0.15, 0.2) is 30.7 Å². The van der Waals surface area contributed by atoms with Crippen LogP contribution in [-0.4, -0.2) is 21.6 Å². The molecule has 2 heterocycles. The van der Waals surface area contributed by atoms with E-state index in [9.17, 15) is 0 Å². The first kappa shape index (κ1) is 10.7. The lowest BCUT2D eigenvalue weighted by atomic mass is 10.2. The first-order valence-electron chi connectivity index (χ1n) is 5.40. The maximum absolute atomic E-state index is 4.38. The molecule has 0 bridgehead atoms. The molecule has 0 aliphatic carbocycles. The molecule has 4 nitrogen and oxygen atoms in total. The molecular formula is C12H16N4. The Hall–Kier alpha value is -1.84. The summed E-state index contributed by atoms with van der Waals surface area (Å²) in [4.78, 5) is 8.39. The van der Waals surface area contributed by atoms with E-state index >= 15 is 0 Å². The molecule has 1 N–H and O–H groups in total. The molecule has 0 unspecified atom stereocenters. The number of nitrogens with one attached hydrogen (secondary N) is 1. The second kappa shape index (κ2) is 4.79. The van der Waals surface area contributed by atoms with Crippen LogP contribution in [0.4, 0.5) is 5.95 Å². The monoisotopic (exact) mass is 216 g/mol. The van der Waals surface area contributed by atoms with E-state index in [1.165, 1.54) is 5.56 Å². The van der Waals surface area contributed by atoms with Gasteiger partial charge in [0.05, 0.1) is 5.69 Å². The zero-order valence-corrected chi connectivity index (χ0v) is 9.64. The molecule has 0 spiro atoms. The highest BCUT2D eigenvalue weighted by molar-refractivity contribution is 5.27. The van der Waals surface area contributed by atoms with Gasteiger partial charge < -0.3 is 9.88 Å². The van der Waals surface area contributed by atoms with Gasteiger partial charge >= 0.3 is 0 Å². The highest BCUT2D eigenvalue weighted by atomic mass is 15.2. The molecule has 84 valence electrons. The summed E-state index contributed by atoms with van der Waals surface area (Å²) in [5.41, 5.74) is 2.34. The molecular weight excluding hydrogens is 200 g/mol. The van der Waals surface area contributed by atoms with Crippen LogP contribution in [0.5, 0.6) is 0 Å². The van der Waals surface area contributed by atoms with Gasteiger partial charge in [-0.05, 0) is 31.0 Å². The van der Waals surface area contributed by atoms with Crippen LogP contribution in [0.1, 0.15) is 11.3 Å². The lowest BCUT2D eigenvalue weighted by molar-refractivity contribution is 0.702. The Morgan fingerprint density at radius 3 is 2.75 bits per heavy atom. The summed E-state index contributed by atoms with van der Waals surface area (Å²) in [5, 5.41) is 3.09. The van der Waals surface area contributed by atoms with Crippen molar-refractivity contribution in [1.82, 2.24) is 14.5 Å². The second-order valence-corrected chi connectivity index (χ2v) is 3.75. The van der Waals surface area contributed by atoms with Crippen molar-refractivity contribution in [2.45, 2.75) is 19.9 Å². The summed E-state index contributed by atoms with van der Waals surface area (Å²) >= 11 is 0. The molecule has 0 saturated heterocycles. The average molecular weight is 216 g/mol. The van der Waals surface area contributed by atoms with Gasteiger partial charge in [0.25, 0.3) is 0 Å². The molecule has 0 fully saturated rings. The number of rotatable bonds is 4. The number of imidazole rings is 1. The van der Waals surface area contributed by atoms with E-state index in [2.05, 4.69) is 26.0 Å². The number of aromatic nitrogens is 3. The first-order chi connectivity index (χ1) is 7.79. The topological polar surface area (TPSA) is 42.7 Å². The van der Waals surface area contributed by atoms with Gasteiger partial charge in [0.1, 0.15) is 0 Å². The lowest BCUT2D eigenvalue weighted by Crippen LogP contribution is -2.05. The third kappa shape index (κ3) is 2.39. The molecule has 0 aromatic carbocycles. The zero-order chi connectivity index (χ0) is 11.4. The standard InChI is InChI=1S/C12H16N4/c1-10-9-16(12(13-2)15-10)8-5-11-3-6-14-7-4-11/h3-4,6-7,9H,5,8H2,1-2H3,(H,13,15). The van der Waals surface area contributed by atoms with E-state index < -0.39 is 0 Å². The van der Waals surface area contributed by atoms with E-state index in [0.29, 0.717) is 0 Å². The van der Waals surface area contributed by atoms with Gasteiger partial charge in [0.2, 0.25) is 5.95 Å². The normalized spacial score (nSPS) is 10.4. The van der Waals surface area contributed by atoms with Crippen LogP contribution in [0.2, 0.25) is 0 Å². The summed E-state index contributed by atoms with van der Waals surface area (Å²) in [6, 6.07) is 4.09. The van der Waals surface area contributed by atoms with Crippen molar-refractivity contribution >= 4 is 5.95 Å². The Morgan fingerprint density at radius 2 is 2.06 bits per heavy atom. The fraction of sp³-hybridized carbons (Fsp3) is 0.333. The Kier molecular flexibility index (Phi) is 3.19. The molecule has 2 aromatic rings. The summed E-state index contributed by atoms with van der Waals surface area (Å²) in [7, 11) is 1.89. The SMILES string of the molecule is CNc1nc(C)cn1CCc1ccncc1. The highest BCUT2D eigenvalue weighted by Crippen LogP contribution is 2.09. The van der Waals surface area contributed by atoms with Crippen LogP contribution in [0.3, 0.4) is 0 Å². The smallest absolute Gasteiger partial charge is 0.202 e. The molecule has 4 heteroatoms. The Balaban J connectivity index is 2.04. The van der Waals surface area contributed by atoms with Crippen molar-refractivity contribution in [1.29, 1.82) is 0 Å². The number of nitrogens with zero attached hydrogens (tertiary/aromatic N) is 3. The summed E-state index contributed by atoms with van der Waals surface area (Å²) < 4.78 is 2.13. The number of hydrogen-bond donors (Lipinski definition) is 1. The minimum absolute atomic E-state index is 0.923. The largest absolute Gasteiger partial charge is 0.359 e. The van der Waals surface area contributed by atoms with E-state index in [-0.39, 0.29) is 0 Å². The van der Waals surface area contributed by atoms with Crippen LogP contribution in [-0.2, 0) is 13.0 Å². The summed E-state index contributed by atoms with van der Waals surface area (Å²) in [5.74, 6) is 0.923. The average Bonchev–Trinajstić information content (AvgIpc) is 2.68. The third-order valence-electron chi connectivity index (χ3n) is 2.51. The molecule has 2 aromatic heterocycles. The number of hydrogen-bond acceptors (Lipinski definition) is 3. The van der Waals surface area contributed by atoms with Crippen LogP contribution in [0.25, 0.3) is 0 Å². The fourth-order valence-electron chi connectivity index (χ4n) is 1.72. The molecule has 0 aliphatic rings. The molecule has 2 rings (SSSR count). The van der Waals surface area contributed by atoms with Gasteiger partial charge in [-0.25, -0.2) is 4.98 Å². The van der Waals surface area contributed by atoms with Gasteiger partial charge in [-0.15, -0.1) is 0 Å². The number of aryl methyl sites for hydroxylation is 3. The van der Waals surface area contributed by atoms with Crippen LogP contribution >= 0.6 is 0 Å². The van der Waals surface area contributed by atoms with Gasteiger partial charge in [-0.1, -0.05) is 0 Å².